The Morgan fingerprint density at radius 3 is 2.32 bits per heavy atom. The molecule has 0 aliphatic carbocycles. The van der Waals surface area contributed by atoms with E-state index in [1.807, 2.05) is 24.3 Å². The van der Waals surface area contributed by atoms with Crippen molar-refractivity contribution in [2.45, 2.75) is 6.42 Å². The molecular weight excluding hydrogens is 307 g/mol. The van der Waals surface area contributed by atoms with E-state index in [0.717, 1.165) is 5.56 Å². The first-order chi connectivity index (χ1) is 9.06. The Bertz CT molecular complexity index is 562. The van der Waals surface area contributed by atoms with Gasteiger partial charge >= 0.3 is 0 Å². The summed E-state index contributed by atoms with van der Waals surface area (Å²) >= 11 is 17.8. The Labute approximate surface area is 126 Å². The summed E-state index contributed by atoms with van der Waals surface area (Å²) in [6.07, 6.45) is 0.689. The largest absolute Gasteiger partial charge is 0.508 e. The molecule has 0 aliphatic rings. The van der Waals surface area contributed by atoms with Crippen molar-refractivity contribution in [1.82, 2.24) is 0 Å². The van der Waals surface area contributed by atoms with Crippen LogP contribution in [0.25, 0.3) is 0 Å². The van der Waals surface area contributed by atoms with Crippen LogP contribution in [0.5, 0.6) is 11.5 Å². The monoisotopic (exact) mass is 316 g/mol. The highest BCUT2D eigenvalue weighted by Crippen LogP contribution is 2.36. The van der Waals surface area contributed by atoms with Crippen LogP contribution < -0.4 is 4.74 Å². The highest BCUT2D eigenvalue weighted by molar-refractivity contribution is 6.37. The van der Waals surface area contributed by atoms with E-state index in [0.29, 0.717) is 23.8 Å². The van der Waals surface area contributed by atoms with Crippen LogP contribution in [-0.2, 0) is 6.42 Å². The van der Waals surface area contributed by atoms with E-state index in [-0.39, 0.29) is 15.8 Å². The lowest BCUT2D eigenvalue weighted by molar-refractivity contribution is 0.321. The molecule has 0 bridgehead atoms. The molecule has 2 rings (SSSR count). The van der Waals surface area contributed by atoms with Crippen molar-refractivity contribution in [3.05, 3.63) is 57.0 Å². The topological polar surface area (TPSA) is 29.5 Å². The Morgan fingerprint density at radius 1 is 1.00 bits per heavy atom. The van der Waals surface area contributed by atoms with E-state index >= 15 is 0 Å². The van der Waals surface area contributed by atoms with E-state index < -0.39 is 0 Å². The van der Waals surface area contributed by atoms with Crippen molar-refractivity contribution in [1.29, 1.82) is 0 Å². The molecular formula is C14H11Cl3O2. The van der Waals surface area contributed by atoms with E-state index in [9.17, 15) is 5.11 Å². The van der Waals surface area contributed by atoms with Crippen LogP contribution in [0.4, 0.5) is 0 Å². The minimum Gasteiger partial charge on any atom is -0.508 e. The van der Waals surface area contributed by atoms with Gasteiger partial charge in [0.2, 0.25) is 0 Å². The molecule has 19 heavy (non-hydrogen) atoms. The van der Waals surface area contributed by atoms with Gasteiger partial charge in [-0.2, -0.15) is 0 Å². The second-order valence-electron chi connectivity index (χ2n) is 3.97. The molecule has 2 aromatic rings. The average Bonchev–Trinajstić information content (AvgIpc) is 2.32. The van der Waals surface area contributed by atoms with Gasteiger partial charge in [-0.3, -0.25) is 0 Å². The van der Waals surface area contributed by atoms with Crippen LogP contribution in [0.2, 0.25) is 15.1 Å². The second kappa shape index (κ2) is 6.38. The molecule has 0 spiro atoms. The number of hydrogen-bond acceptors (Lipinski definition) is 2. The fourth-order valence-electron chi connectivity index (χ4n) is 1.65. The van der Waals surface area contributed by atoms with E-state index in [1.54, 1.807) is 0 Å². The van der Waals surface area contributed by atoms with Gasteiger partial charge in [0.1, 0.15) is 5.75 Å². The van der Waals surface area contributed by atoms with Gasteiger partial charge in [-0.1, -0.05) is 46.9 Å². The van der Waals surface area contributed by atoms with Crippen LogP contribution in [0.3, 0.4) is 0 Å². The van der Waals surface area contributed by atoms with Crippen LogP contribution in [-0.4, -0.2) is 11.7 Å². The number of hydrogen-bond donors (Lipinski definition) is 1. The summed E-state index contributed by atoms with van der Waals surface area (Å²) in [5, 5.41) is 10.6. The predicted molar refractivity (Wildman–Crippen MR) is 78.8 cm³/mol. The lowest BCUT2D eigenvalue weighted by atomic mass is 10.2. The van der Waals surface area contributed by atoms with Crippen molar-refractivity contribution in [3.63, 3.8) is 0 Å². The Hall–Kier alpha value is -1.09. The third-order valence-electron chi connectivity index (χ3n) is 2.51. The third-order valence-corrected chi connectivity index (χ3v) is 3.31. The van der Waals surface area contributed by atoms with Crippen LogP contribution in [0, 0.1) is 0 Å². The predicted octanol–water partition coefficient (Wildman–Crippen LogP) is 4.97. The zero-order chi connectivity index (χ0) is 13.8. The van der Waals surface area contributed by atoms with Gasteiger partial charge in [0, 0.05) is 23.6 Å². The SMILES string of the molecule is Oc1cc(Cl)c(OCCc2cccc(Cl)c2)c(Cl)c1. The zero-order valence-corrected chi connectivity index (χ0v) is 12.1. The molecule has 0 radical (unpaired) electrons. The molecule has 0 heterocycles. The summed E-state index contributed by atoms with van der Waals surface area (Å²) in [5.41, 5.74) is 1.07. The molecule has 0 saturated carbocycles. The van der Waals surface area contributed by atoms with Crippen molar-refractivity contribution >= 4 is 34.8 Å². The molecule has 0 aliphatic heterocycles. The van der Waals surface area contributed by atoms with Gasteiger partial charge in [-0.25, -0.2) is 0 Å². The summed E-state index contributed by atoms with van der Waals surface area (Å²) in [6.45, 7) is 0.421. The van der Waals surface area contributed by atoms with E-state index in [4.69, 9.17) is 39.5 Å². The Morgan fingerprint density at radius 2 is 1.68 bits per heavy atom. The van der Waals surface area contributed by atoms with Crippen LogP contribution in [0.1, 0.15) is 5.56 Å². The molecule has 1 N–H and O–H groups in total. The number of ether oxygens (including phenoxy) is 1. The number of benzene rings is 2. The summed E-state index contributed by atoms with van der Waals surface area (Å²) in [5.74, 6) is 0.389. The van der Waals surface area contributed by atoms with E-state index in [2.05, 4.69) is 0 Å². The fraction of sp³-hybridized carbons (Fsp3) is 0.143. The molecule has 5 heteroatoms. The van der Waals surface area contributed by atoms with E-state index in [1.165, 1.54) is 12.1 Å². The lowest BCUT2D eigenvalue weighted by Crippen LogP contribution is -2.02. The summed E-state index contributed by atoms with van der Waals surface area (Å²) in [4.78, 5) is 0. The zero-order valence-electron chi connectivity index (χ0n) is 9.87. The maximum Gasteiger partial charge on any atom is 0.156 e. The molecule has 0 saturated heterocycles. The van der Waals surface area contributed by atoms with Gasteiger partial charge < -0.3 is 9.84 Å². The van der Waals surface area contributed by atoms with Crippen molar-refractivity contribution in [2.75, 3.05) is 6.61 Å². The molecule has 0 atom stereocenters. The molecule has 100 valence electrons. The smallest absolute Gasteiger partial charge is 0.156 e. The lowest BCUT2D eigenvalue weighted by Gasteiger charge is -2.10. The minimum absolute atomic E-state index is 0.0113. The third kappa shape index (κ3) is 3.93. The highest BCUT2D eigenvalue weighted by Gasteiger charge is 2.09. The minimum atomic E-state index is 0.0113. The number of phenols is 1. The standard InChI is InChI=1S/C14H11Cl3O2/c15-10-3-1-2-9(6-10)4-5-19-14-12(16)7-11(18)8-13(14)17/h1-3,6-8,18H,4-5H2. The summed E-state index contributed by atoms with van der Waals surface area (Å²) in [6, 6.07) is 10.3. The fourth-order valence-corrected chi connectivity index (χ4v) is 2.45. The van der Waals surface area contributed by atoms with Crippen LogP contribution in [0.15, 0.2) is 36.4 Å². The average molecular weight is 318 g/mol. The van der Waals surface area contributed by atoms with Gasteiger partial charge in [0.15, 0.2) is 5.75 Å². The highest BCUT2D eigenvalue weighted by atomic mass is 35.5. The van der Waals surface area contributed by atoms with Gasteiger partial charge in [-0.15, -0.1) is 0 Å². The van der Waals surface area contributed by atoms with Crippen LogP contribution >= 0.6 is 34.8 Å². The first kappa shape index (κ1) is 14.3. The summed E-state index contributed by atoms with van der Waals surface area (Å²) in [7, 11) is 0. The van der Waals surface area contributed by atoms with Gasteiger partial charge in [0.25, 0.3) is 0 Å². The number of aromatic hydroxyl groups is 1. The van der Waals surface area contributed by atoms with Gasteiger partial charge in [-0.05, 0) is 17.7 Å². The molecule has 0 fully saturated rings. The molecule has 0 amide bonds. The Kier molecular flexibility index (Phi) is 4.81. The number of phenolic OH excluding ortho intramolecular Hbond substituents is 1. The maximum absolute atomic E-state index is 9.31. The van der Waals surface area contributed by atoms with Crippen molar-refractivity contribution in [3.8, 4) is 11.5 Å². The Balaban J connectivity index is 2.00. The molecule has 0 aromatic heterocycles. The quantitative estimate of drug-likeness (QED) is 0.862. The van der Waals surface area contributed by atoms with Crippen molar-refractivity contribution < 1.29 is 9.84 Å². The van der Waals surface area contributed by atoms with Crippen molar-refractivity contribution in [2.24, 2.45) is 0 Å². The van der Waals surface area contributed by atoms with Gasteiger partial charge in [0.05, 0.1) is 16.7 Å². The number of halogens is 3. The summed E-state index contributed by atoms with van der Waals surface area (Å²) < 4.78 is 5.55. The second-order valence-corrected chi connectivity index (χ2v) is 5.22. The first-order valence-corrected chi connectivity index (χ1v) is 6.75. The maximum atomic E-state index is 9.31. The molecule has 2 aromatic carbocycles. The normalized spacial score (nSPS) is 10.5. The molecule has 0 unspecified atom stereocenters. The number of rotatable bonds is 4. The first-order valence-electron chi connectivity index (χ1n) is 5.61. The molecule has 2 nitrogen and oxygen atoms in total.